The molecule has 57 heavy (non-hydrogen) atoms. The number of carbonyl (C=O) groups excluding carboxylic acids is 2. The third-order valence-corrected chi connectivity index (χ3v) is 12.0. The Morgan fingerprint density at radius 3 is 2.37 bits per heavy atom. The number of aromatic amines is 1. The van der Waals surface area contributed by atoms with Gasteiger partial charge < -0.3 is 25.4 Å². The number of amides is 2. The van der Waals surface area contributed by atoms with E-state index in [2.05, 4.69) is 81.0 Å². The predicted octanol–water partition coefficient (Wildman–Crippen LogP) is 11.0. The van der Waals surface area contributed by atoms with Crippen LogP contribution in [0.15, 0.2) is 122 Å². The highest BCUT2D eigenvalue weighted by Crippen LogP contribution is 2.53. The third kappa shape index (κ3) is 6.96. The van der Waals surface area contributed by atoms with Gasteiger partial charge in [-0.15, -0.1) is 0 Å². The van der Waals surface area contributed by atoms with Crippen molar-refractivity contribution in [2.24, 2.45) is 5.92 Å². The Hall–Kier alpha value is -5.54. The second kappa shape index (κ2) is 15.4. The maximum Gasteiger partial charge on any atom is 0.272 e. The number of piperidine rings is 1. The summed E-state index contributed by atoms with van der Waals surface area (Å²) in [4.78, 5) is 40.6. The van der Waals surface area contributed by atoms with Crippen LogP contribution < -0.4 is 15.5 Å². The van der Waals surface area contributed by atoms with E-state index in [4.69, 9.17) is 39.8 Å². The molecule has 1 fully saturated rings. The van der Waals surface area contributed by atoms with E-state index in [1.54, 1.807) is 24.4 Å². The third-order valence-electron chi connectivity index (χ3n) is 11.2. The van der Waals surface area contributed by atoms with Crippen LogP contribution in [0.2, 0.25) is 15.1 Å². The summed E-state index contributed by atoms with van der Waals surface area (Å²) in [6.45, 7) is 3.53. The average Bonchev–Trinajstić information content (AvgIpc) is 3.51. The van der Waals surface area contributed by atoms with Crippen LogP contribution in [-0.2, 0) is 0 Å². The fourth-order valence-electron chi connectivity index (χ4n) is 8.62. The van der Waals surface area contributed by atoms with E-state index in [0.717, 1.165) is 50.8 Å². The number of nitrogens with one attached hydrogen (secondary N) is 3. The Balaban J connectivity index is 1.10. The van der Waals surface area contributed by atoms with Gasteiger partial charge in [0.05, 0.1) is 28.0 Å². The number of carbonyl (C=O) groups is 2. The molecular formula is C46H39Cl3N6O2. The summed E-state index contributed by atoms with van der Waals surface area (Å²) in [5.41, 5.74) is 8.39. The van der Waals surface area contributed by atoms with Gasteiger partial charge in [-0.1, -0.05) is 102 Å². The van der Waals surface area contributed by atoms with Gasteiger partial charge in [0.15, 0.2) is 5.82 Å². The van der Waals surface area contributed by atoms with Crippen molar-refractivity contribution >= 4 is 80.3 Å². The lowest BCUT2D eigenvalue weighted by Gasteiger charge is -2.39. The zero-order valence-corrected chi connectivity index (χ0v) is 33.4. The number of rotatable bonds is 7. The van der Waals surface area contributed by atoms with E-state index in [1.807, 2.05) is 48.5 Å². The second-order valence-corrected chi connectivity index (χ2v) is 16.1. The van der Waals surface area contributed by atoms with E-state index in [-0.39, 0.29) is 29.8 Å². The molecule has 3 aliphatic heterocycles. The van der Waals surface area contributed by atoms with Crippen molar-refractivity contribution in [2.75, 3.05) is 23.3 Å². The summed E-state index contributed by atoms with van der Waals surface area (Å²) in [6, 6.07) is 32.8. The number of anilines is 2. The van der Waals surface area contributed by atoms with Crippen LogP contribution in [0, 0.1) is 5.92 Å². The van der Waals surface area contributed by atoms with Crippen molar-refractivity contribution in [1.82, 2.24) is 20.2 Å². The Morgan fingerprint density at radius 1 is 0.842 bits per heavy atom. The first-order valence-corrected chi connectivity index (χ1v) is 20.3. The zero-order valence-electron chi connectivity index (χ0n) is 31.1. The van der Waals surface area contributed by atoms with Crippen LogP contribution in [0.4, 0.5) is 11.5 Å². The molecule has 4 aromatic carbocycles. The fraction of sp³-hybridized carbons (Fsp3) is 0.196. The van der Waals surface area contributed by atoms with Gasteiger partial charge in [-0.2, -0.15) is 0 Å². The lowest BCUT2D eigenvalue weighted by atomic mass is 9.82. The molecule has 2 amide bonds. The smallest absolute Gasteiger partial charge is 0.272 e. The number of halogens is 3. The second-order valence-electron chi connectivity index (χ2n) is 14.8. The van der Waals surface area contributed by atoms with Gasteiger partial charge in [0.2, 0.25) is 0 Å². The highest BCUT2D eigenvalue weighted by molar-refractivity contribution is 6.34. The minimum Gasteiger partial charge on any atom is -0.355 e. The fourth-order valence-corrected chi connectivity index (χ4v) is 9.20. The number of nitrogens with zero attached hydrogens (tertiary/aromatic N) is 3. The van der Waals surface area contributed by atoms with Crippen LogP contribution in [0.3, 0.4) is 0 Å². The zero-order chi connectivity index (χ0) is 39.2. The summed E-state index contributed by atoms with van der Waals surface area (Å²) in [6.07, 6.45) is 8.36. The van der Waals surface area contributed by atoms with Gasteiger partial charge >= 0.3 is 0 Å². The predicted molar refractivity (Wildman–Crippen MR) is 231 cm³/mol. The van der Waals surface area contributed by atoms with E-state index < -0.39 is 0 Å². The molecular weight excluding hydrogens is 775 g/mol. The molecule has 3 aliphatic rings. The van der Waals surface area contributed by atoms with E-state index in [0.29, 0.717) is 63.8 Å². The molecule has 2 atom stereocenters. The number of hydrogen-bond acceptors (Lipinski definition) is 5. The van der Waals surface area contributed by atoms with Crippen LogP contribution in [0.5, 0.6) is 0 Å². The molecule has 9 rings (SSSR count). The number of fused-ring (bicyclic) bond motifs is 2. The molecule has 0 radical (unpaired) electrons. The van der Waals surface area contributed by atoms with Crippen molar-refractivity contribution in [3.05, 3.63) is 170 Å². The van der Waals surface area contributed by atoms with Crippen LogP contribution >= 0.6 is 34.8 Å². The van der Waals surface area contributed by atoms with Gasteiger partial charge in [-0.25, -0.2) is 4.98 Å². The summed E-state index contributed by atoms with van der Waals surface area (Å²) < 4.78 is 0. The van der Waals surface area contributed by atoms with Gasteiger partial charge in [-0.3, -0.25) is 9.59 Å². The monoisotopic (exact) mass is 812 g/mol. The minimum atomic E-state index is -0.287. The van der Waals surface area contributed by atoms with Gasteiger partial charge in [-0.05, 0) is 96.0 Å². The van der Waals surface area contributed by atoms with E-state index in [9.17, 15) is 9.59 Å². The molecule has 2 aromatic heterocycles. The molecule has 2 unspecified atom stereocenters. The molecule has 11 heteroatoms. The highest BCUT2D eigenvalue weighted by Gasteiger charge is 2.40. The van der Waals surface area contributed by atoms with E-state index in [1.165, 1.54) is 0 Å². The molecule has 3 N–H and O–H groups in total. The van der Waals surface area contributed by atoms with Gasteiger partial charge in [0.1, 0.15) is 5.69 Å². The Morgan fingerprint density at radius 2 is 1.60 bits per heavy atom. The van der Waals surface area contributed by atoms with Crippen molar-refractivity contribution in [3.63, 3.8) is 0 Å². The number of hydrogen-bond donors (Lipinski definition) is 3. The largest absolute Gasteiger partial charge is 0.355 e. The van der Waals surface area contributed by atoms with Crippen LogP contribution in [0.1, 0.15) is 75.3 Å². The lowest BCUT2D eigenvalue weighted by Crippen LogP contribution is -2.45. The van der Waals surface area contributed by atoms with Crippen molar-refractivity contribution in [1.29, 1.82) is 0 Å². The SMILES string of the molecule is CC1CC=CN2C(=C1c1ccccc1)c1c(C(=O)Nc3cccnc3N3CCC(NC(=O)c4ccccc4Cl)CC3)[nH]c3cc(Cl)cc(c13)C2c1ccc(Cl)cc1. The Labute approximate surface area is 346 Å². The average molecular weight is 814 g/mol. The van der Waals surface area contributed by atoms with Crippen LogP contribution in [0.25, 0.3) is 22.2 Å². The molecule has 0 bridgehead atoms. The Bertz CT molecular complexity index is 2580. The summed E-state index contributed by atoms with van der Waals surface area (Å²) in [5, 5.41) is 9.01. The van der Waals surface area contributed by atoms with Crippen molar-refractivity contribution in [3.8, 4) is 0 Å². The maximum atomic E-state index is 14.9. The Kier molecular flexibility index (Phi) is 10.0. The molecule has 5 heterocycles. The number of H-pyrrole nitrogens is 1. The molecule has 8 nitrogen and oxygen atoms in total. The quantitative estimate of drug-likeness (QED) is 0.149. The number of allylic oxidation sites excluding steroid dienone is 2. The van der Waals surface area contributed by atoms with Crippen LogP contribution in [-0.4, -0.2) is 45.8 Å². The molecule has 286 valence electrons. The molecule has 0 saturated carbocycles. The van der Waals surface area contributed by atoms with E-state index >= 15 is 0 Å². The number of aromatic nitrogens is 2. The van der Waals surface area contributed by atoms with Crippen molar-refractivity contribution in [2.45, 2.75) is 38.3 Å². The summed E-state index contributed by atoms with van der Waals surface area (Å²) in [5.74, 6) is 0.352. The highest BCUT2D eigenvalue weighted by atomic mass is 35.5. The standard InChI is InChI=1S/C46H39Cl3N6O2/c1-27-9-8-22-55-42(29-15-17-30(47)18-16-29)34-25-31(48)26-37-39(34)40(43(55)38(27)28-10-3-2-4-11-28)41(52-37)46(57)53-36-14-7-21-50-44(36)54-23-19-32(20-24-54)51-45(56)33-12-5-6-13-35(33)49/h2-8,10-18,21-22,25-27,32,42,52H,9,19-20,23-24H2,1H3,(H,51,56)(H,53,57). The van der Waals surface area contributed by atoms with Crippen molar-refractivity contribution < 1.29 is 9.59 Å². The molecule has 6 aromatic rings. The number of benzene rings is 4. The van der Waals surface area contributed by atoms with Gasteiger partial charge in [0.25, 0.3) is 11.8 Å². The first-order chi connectivity index (χ1) is 27.7. The molecule has 0 spiro atoms. The summed E-state index contributed by atoms with van der Waals surface area (Å²) >= 11 is 19.6. The molecule has 1 saturated heterocycles. The summed E-state index contributed by atoms with van der Waals surface area (Å²) in [7, 11) is 0. The number of pyridine rings is 1. The first-order valence-electron chi connectivity index (χ1n) is 19.2. The molecule has 0 aliphatic carbocycles. The van der Waals surface area contributed by atoms with Gasteiger partial charge in [0, 0.05) is 58.0 Å². The normalized spacial score (nSPS) is 18.0. The minimum absolute atomic E-state index is 0.0185. The first kappa shape index (κ1) is 37.1. The maximum absolute atomic E-state index is 14.9. The lowest BCUT2D eigenvalue weighted by molar-refractivity contribution is 0.0930. The topological polar surface area (TPSA) is 93.4 Å².